The van der Waals surface area contributed by atoms with Crippen LogP contribution < -0.4 is 5.43 Å². The van der Waals surface area contributed by atoms with Crippen molar-refractivity contribution in [2.75, 3.05) is 0 Å². The summed E-state index contributed by atoms with van der Waals surface area (Å²) in [5.74, 6) is -0.861. The van der Waals surface area contributed by atoms with E-state index < -0.39 is 5.97 Å². The van der Waals surface area contributed by atoms with Crippen molar-refractivity contribution in [1.29, 1.82) is 0 Å². The van der Waals surface area contributed by atoms with E-state index in [-0.39, 0.29) is 11.0 Å². The zero-order valence-corrected chi connectivity index (χ0v) is 11.6. The molecule has 104 valence electrons. The summed E-state index contributed by atoms with van der Waals surface area (Å²) in [5.41, 5.74) is 1.49. The Kier molecular flexibility index (Phi) is 2.89. The first-order chi connectivity index (χ1) is 9.50. The lowest BCUT2D eigenvalue weighted by atomic mass is 9.98. The van der Waals surface area contributed by atoms with Crippen molar-refractivity contribution in [3.8, 4) is 0 Å². The fourth-order valence-corrected chi connectivity index (χ4v) is 2.70. The minimum absolute atomic E-state index is 0.134. The van der Waals surface area contributed by atoms with Crippen LogP contribution in [0.4, 0.5) is 0 Å². The van der Waals surface area contributed by atoms with Gasteiger partial charge in [-0.3, -0.25) is 4.79 Å². The minimum Gasteiger partial charge on any atom is -0.477 e. The van der Waals surface area contributed by atoms with E-state index >= 15 is 0 Å². The predicted octanol–water partition coefficient (Wildman–Crippen LogP) is 3.16. The second-order valence-corrected chi connectivity index (χ2v) is 5.71. The molecule has 0 amide bonds. The highest BCUT2D eigenvalue weighted by Crippen LogP contribution is 2.38. The van der Waals surface area contributed by atoms with Gasteiger partial charge in [0.15, 0.2) is 0 Å². The fourth-order valence-electron chi connectivity index (χ4n) is 2.70. The number of benzene rings is 1. The molecule has 1 N–H and O–H groups in total. The first kappa shape index (κ1) is 12.9. The van der Waals surface area contributed by atoms with Gasteiger partial charge in [0, 0.05) is 17.6 Å². The molecule has 4 heteroatoms. The van der Waals surface area contributed by atoms with E-state index in [0.29, 0.717) is 17.3 Å². The maximum absolute atomic E-state index is 12.3. The Morgan fingerprint density at radius 1 is 1.35 bits per heavy atom. The zero-order valence-electron chi connectivity index (χ0n) is 11.6. The van der Waals surface area contributed by atoms with Crippen LogP contribution in [-0.2, 0) is 0 Å². The summed E-state index contributed by atoms with van der Waals surface area (Å²) in [6.45, 7) is 4.17. The minimum atomic E-state index is -1.15. The van der Waals surface area contributed by atoms with Gasteiger partial charge in [0.05, 0.1) is 5.52 Å². The van der Waals surface area contributed by atoms with Gasteiger partial charge < -0.3 is 9.67 Å². The van der Waals surface area contributed by atoms with E-state index in [1.807, 2.05) is 16.7 Å². The van der Waals surface area contributed by atoms with Crippen LogP contribution in [0.2, 0.25) is 0 Å². The Labute approximate surface area is 116 Å². The first-order valence-corrected chi connectivity index (χ1v) is 6.91. The molecule has 0 atom stereocenters. The van der Waals surface area contributed by atoms with Crippen LogP contribution in [0.1, 0.15) is 54.6 Å². The number of rotatable bonds is 3. The molecule has 20 heavy (non-hydrogen) atoms. The largest absolute Gasteiger partial charge is 0.477 e. The molecule has 1 aromatic carbocycles. The number of nitrogens with zero attached hydrogens (tertiary/aromatic N) is 1. The number of carboxylic acid groups (broad SMARTS) is 1. The van der Waals surface area contributed by atoms with Crippen LogP contribution in [0.3, 0.4) is 0 Å². The van der Waals surface area contributed by atoms with Gasteiger partial charge in [-0.25, -0.2) is 4.79 Å². The summed E-state index contributed by atoms with van der Waals surface area (Å²) in [7, 11) is 0. The summed E-state index contributed by atoms with van der Waals surface area (Å²) in [6.07, 6.45) is 3.61. The Hall–Kier alpha value is -2.10. The molecule has 1 fully saturated rings. The molecule has 1 saturated carbocycles. The number of carbonyl (C=O) groups is 1. The third kappa shape index (κ3) is 1.92. The fraction of sp³-hybridized carbons (Fsp3) is 0.375. The smallest absolute Gasteiger partial charge is 0.341 e. The first-order valence-electron chi connectivity index (χ1n) is 6.91. The van der Waals surface area contributed by atoms with Gasteiger partial charge in [-0.15, -0.1) is 0 Å². The number of aromatic nitrogens is 1. The van der Waals surface area contributed by atoms with Crippen molar-refractivity contribution < 1.29 is 9.90 Å². The number of carboxylic acids is 1. The number of fused-ring (bicyclic) bond motifs is 1. The van der Waals surface area contributed by atoms with Gasteiger partial charge in [0.1, 0.15) is 5.56 Å². The molecule has 0 radical (unpaired) electrons. The van der Waals surface area contributed by atoms with Gasteiger partial charge in [0.25, 0.3) is 0 Å². The molecule has 1 aliphatic carbocycles. The molecule has 0 saturated heterocycles. The van der Waals surface area contributed by atoms with Crippen LogP contribution in [-0.4, -0.2) is 15.6 Å². The van der Waals surface area contributed by atoms with Crippen molar-refractivity contribution in [3.05, 3.63) is 45.7 Å². The van der Waals surface area contributed by atoms with E-state index in [1.54, 1.807) is 6.07 Å². The second-order valence-electron chi connectivity index (χ2n) is 5.71. The van der Waals surface area contributed by atoms with Crippen LogP contribution in [0.15, 0.2) is 29.2 Å². The lowest BCUT2D eigenvalue weighted by Crippen LogP contribution is -2.19. The van der Waals surface area contributed by atoms with E-state index in [9.17, 15) is 14.7 Å². The SMILES string of the molecule is CC(C)c1cccc2c(=O)c(C(=O)O)cn(C3CC3)c12. The normalized spacial score (nSPS) is 14.9. The molecular formula is C16H17NO3. The molecule has 1 aromatic heterocycles. The van der Waals surface area contributed by atoms with Gasteiger partial charge >= 0.3 is 5.97 Å². The second kappa shape index (κ2) is 4.47. The number of pyridine rings is 1. The third-order valence-electron chi connectivity index (χ3n) is 3.88. The summed E-state index contributed by atoms with van der Waals surface area (Å²) in [5, 5.41) is 9.73. The summed E-state index contributed by atoms with van der Waals surface area (Å²) >= 11 is 0. The highest BCUT2D eigenvalue weighted by atomic mass is 16.4. The Morgan fingerprint density at radius 3 is 2.60 bits per heavy atom. The van der Waals surface area contributed by atoms with Crippen LogP contribution in [0.5, 0.6) is 0 Å². The maximum atomic E-state index is 12.3. The lowest BCUT2D eigenvalue weighted by Gasteiger charge is -2.17. The summed E-state index contributed by atoms with van der Waals surface area (Å²) < 4.78 is 2.00. The molecule has 2 aromatic rings. The van der Waals surface area contributed by atoms with Crippen molar-refractivity contribution in [2.24, 2.45) is 0 Å². The van der Waals surface area contributed by atoms with Crippen LogP contribution >= 0.6 is 0 Å². The average Bonchev–Trinajstić information content (AvgIpc) is 3.22. The van der Waals surface area contributed by atoms with E-state index in [2.05, 4.69) is 13.8 Å². The number of para-hydroxylation sites is 1. The summed E-state index contributed by atoms with van der Waals surface area (Å²) in [6, 6.07) is 5.92. The number of hydrogen-bond donors (Lipinski definition) is 1. The topological polar surface area (TPSA) is 59.3 Å². The highest BCUT2D eigenvalue weighted by molar-refractivity contribution is 5.93. The molecular weight excluding hydrogens is 254 g/mol. The Bertz CT molecular complexity index is 754. The molecule has 3 rings (SSSR count). The quantitative estimate of drug-likeness (QED) is 0.932. The average molecular weight is 271 g/mol. The van der Waals surface area contributed by atoms with E-state index in [0.717, 1.165) is 23.9 Å². The summed E-state index contributed by atoms with van der Waals surface area (Å²) in [4.78, 5) is 23.6. The van der Waals surface area contributed by atoms with Gasteiger partial charge in [-0.1, -0.05) is 26.0 Å². The monoisotopic (exact) mass is 271 g/mol. The molecule has 4 nitrogen and oxygen atoms in total. The molecule has 0 spiro atoms. The van der Waals surface area contributed by atoms with Gasteiger partial charge in [-0.05, 0) is 30.4 Å². The molecule has 0 unspecified atom stereocenters. The van der Waals surface area contributed by atoms with Crippen molar-refractivity contribution in [1.82, 2.24) is 4.57 Å². The van der Waals surface area contributed by atoms with E-state index in [4.69, 9.17) is 0 Å². The predicted molar refractivity (Wildman–Crippen MR) is 77.5 cm³/mol. The standard InChI is InChI=1S/C16H17NO3/c1-9(2)11-4-3-5-12-14(11)17(10-6-7-10)8-13(15(12)18)16(19)20/h3-5,8-10H,6-7H2,1-2H3,(H,19,20). The Morgan fingerprint density at radius 2 is 2.05 bits per heavy atom. The molecule has 0 aliphatic heterocycles. The molecule has 1 heterocycles. The number of aromatic carboxylic acids is 1. The van der Waals surface area contributed by atoms with Crippen LogP contribution in [0.25, 0.3) is 10.9 Å². The highest BCUT2D eigenvalue weighted by Gasteiger charge is 2.27. The zero-order chi connectivity index (χ0) is 14.4. The van der Waals surface area contributed by atoms with E-state index in [1.165, 1.54) is 6.20 Å². The van der Waals surface area contributed by atoms with Gasteiger partial charge in [-0.2, -0.15) is 0 Å². The third-order valence-corrected chi connectivity index (χ3v) is 3.88. The van der Waals surface area contributed by atoms with Crippen molar-refractivity contribution in [2.45, 2.75) is 38.6 Å². The van der Waals surface area contributed by atoms with Crippen molar-refractivity contribution in [3.63, 3.8) is 0 Å². The van der Waals surface area contributed by atoms with Crippen molar-refractivity contribution >= 4 is 16.9 Å². The van der Waals surface area contributed by atoms with Gasteiger partial charge in [0.2, 0.25) is 5.43 Å². The molecule has 0 bridgehead atoms. The maximum Gasteiger partial charge on any atom is 0.341 e. The van der Waals surface area contributed by atoms with Crippen LogP contribution in [0, 0.1) is 0 Å². The molecule has 1 aliphatic rings. The number of hydrogen-bond acceptors (Lipinski definition) is 2. The lowest BCUT2D eigenvalue weighted by molar-refractivity contribution is 0.0695. The Balaban J connectivity index is 2.45.